The maximum absolute atomic E-state index is 13.1. The van der Waals surface area contributed by atoms with Gasteiger partial charge in [-0.1, -0.05) is 6.07 Å². The lowest BCUT2D eigenvalue weighted by atomic mass is 10.1. The first-order chi connectivity index (χ1) is 15.2. The summed E-state index contributed by atoms with van der Waals surface area (Å²) in [5, 5.41) is 3.51. The number of anilines is 2. The van der Waals surface area contributed by atoms with Crippen LogP contribution in [0.15, 0.2) is 52.7 Å². The number of nitrogens with zero attached hydrogens (tertiary/aromatic N) is 2. The maximum Gasteiger partial charge on any atom is 0.271 e. The van der Waals surface area contributed by atoms with Crippen molar-refractivity contribution >= 4 is 32.7 Å². The zero-order valence-corrected chi connectivity index (χ0v) is 20.3. The monoisotopic (exact) mass is 472 g/mol. The number of piperazine rings is 1. The van der Waals surface area contributed by atoms with E-state index in [-0.39, 0.29) is 4.21 Å². The van der Waals surface area contributed by atoms with E-state index in [9.17, 15) is 8.42 Å². The lowest BCUT2D eigenvalue weighted by Crippen LogP contribution is -2.54. The molecule has 2 atom stereocenters. The third-order valence-electron chi connectivity index (χ3n) is 5.32. The Labute approximate surface area is 193 Å². The molecular weight excluding hydrogens is 444 g/mol. The van der Waals surface area contributed by atoms with Crippen molar-refractivity contribution < 1.29 is 13.2 Å². The Morgan fingerprint density at radius 2 is 1.88 bits per heavy atom. The van der Waals surface area contributed by atoms with E-state index in [4.69, 9.17) is 4.74 Å². The van der Waals surface area contributed by atoms with Crippen LogP contribution < -0.4 is 19.7 Å². The zero-order valence-electron chi connectivity index (χ0n) is 18.6. The molecule has 0 bridgehead atoms. The van der Waals surface area contributed by atoms with Gasteiger partial charge in [-0.25, -0.2) is 8.42 Å². The molecule has 0 spiro atoms. The fourth-order valence-corrected chi connectivity index (χ4v) is 6.34. The summed E-state index contributed by atoms with van der Waals surface area (Å²) in [5.41, 5.74) is 3.04. The predicted molar refractivity (Wildman–Crippen MR) is 130 cm³/mol. The number of sulfonamides is 1. The Balaban J connectivity index is 1.60. The average molecular weight is 473 g/mol. The van der Waals surface area contributed by atoms with E-state index in [0.717, 1.165) is 40.8 Å². The zero-order chi connectivity index (χ0) is 22.9. The summed E-state index contributed by atoms with van der Waals surface area (Å²) in [6.07, 6.45) is 0. The lowest BCUT2D eigenvalue weighted by Gasteiger charge is -2.38. The van der Waals surface area contributed by atoms with Crippen LogP contribution in [0.1, 0.15) is 19.5 Å². The van der Waals surface area contributed by atoms with Crippen molar-refractivity contribution in [2.24, 2.45) is 0 Å². The Morgan fingerprint density at radius 1 is 1.12 bits per heavy atom. The van der Waals surface area contributed by atoms with E-state index < -0.39 is 10.0 Å². The molecule has 170 valence electrons. The first kappa shape index (κ1) is 22.6. The predicted octanol–water partition coefficient (Wildman–Crippen LogP) is 4.11. The Hall–Kier alpha value is -2.62. The molecule has 1 saturated heterocycles. The molecule has 2 unspecified atom stereocenters. The van der Waals surface area contributed by atoms with Crippen molar-refractivity contribution in [2.45, 2.75) is 37.1 Å². The van der Waals surface area contributed by atoms with Crippen LogP contribution in [-0.4, -0.2) is 45.7 Å². The fourth-order valence-electron chi connectivity index (χ4n) is 4.01. The summed E-state index contributed by atoms with van der Waals surface area (Å²) in [5.74, 6) is 0.721. The molecule has 0 amide bonds. The molecule has 9 heteroatoms. The minimum absolute atomic E-state index is 0.248. The average Bonchev–Trinajstić information content (AvgIpc) is 3.24. The first-order valence-corrected chi connectivity index (χ1v) is 12.8. The topological polar surface area (TPSA) is 83.6 Å². The van der Waals surface area contributed by atoms with Gasteiger partial charge < -0.3 is 15.0 Å². The second kappa shape index (κ2) is 9.09. The number of thiophene rings is 1. The molecular formula is C23H28N4O3S2. The molecule has 1 aliphatic heterocycles. The van der Waals surface area contributed by atoms with Crippen molar-refractivity contribution in [3.8, 4) is 16.3 Å². The minimum atomic E-state index is -3.73. The normalized spacial score (nSPS) is 19.1. The van der Waals surface area contributed by atoms with Crippen LogP contribution >= 0.6 is 11.3 Å². The van der Waals surface area contributed by atoms with Crippen molar-refractivity contribution in [1.82, 2.24) is 10.3 Å². The third-order valence-corrected chi connectivity index (χ3v) is 8.30. The molecule has 3 heterocycles. The summed E-state index contributed by atoms with van der Waals surface area (Å²) in [6, 6.07) is 15.2. The van der Waals surface area contributed by atoms with Crippen LogP contribution in [0.5, 0.6) is 5.75 Å². The highest BCUT2D eigenvalue weighted by Gasteiger charge is 2.25. The molecule has 0 radical (unpaired) electrons. The Kier molecular flexibility index (Phi) is 6.41. The molecule has 3 aromatic rings. The number of aromatic nitrogens is 1. The molecule has 32 heavy (non-hydrogen) atoms. The van der Waals surface area contributed by atoms with Crippen molar-refractivity contribution in [2.75, 3.05) is 29.8 Å². The van der Waals surface area contributed by atoms with E-state index in [1.165, 1.54) is 11.3 Å². The molecule has 0 aliphatic carbocycles. The second-order valence-corrected chi connectivity index (χ2v) is 11.1. The van der Waals surface area contributed by atoms with Gasteiger partial charge >= 0.3 is 0 Å². The number of ether oxygens (including phenoxy) is 1. The van der Waals surface area contributed by atoms with Gasteiger partial charge in [-0.05, 0) is 63.2 Å². The summed E-state index contributed by atoms with van der Waals surface area (Å²) >= 11 is 1.21. The van der Waals surface area contributed by atoms with E-state index in [0.29, 0.717) is 17.8 Å². The lowest BCUT2D eigenvalue weighted by molar-refractivity contribution is 0.391. The highest BCUT2D eigenvalue weighted by Crippen LogP contribution is 2.35. The number of hydrogen-bond donors (Lipinski definition) is 2. The highest BCUT2D eigenvalue weighted by molar-refractivity contribution is 7.94. The van der Waals surface area contributed by atoms with Crippen LogP contribution in [0.4, 0.5) is 11.4 Å². The van der Waals surface area contributed by atoms with Crippen LogP contribution in [0.25, 0.3) is 10.6 Å². The summed E-state index contributed by atoms with van der Waals surface area (Å²) in [6.45, 7) is 7.82. The van der Waals surface area contributed by atoms with Crippen LogP contribution in [-0.2, 0) is 10.0 Å². The largest absolute Gasteiger partial charge is 0.495 e. The van der Waals surface area contributed by atoms with Gasteiger partial charge in [0.05, 0.1) is 29.1 Å². The van der Waals surface area contributed by atoms with E-state index in [1.54, 1.807) is 31.4 Å². The van der Waals surface area contributed by atoms with Crippen molar-refractivity contribution in [3.05, 3.63) is 54.2 Å². The fraction of sp³-hybridized carbons (Fsp3) is 0.348. The summed E-state index contributed by atoms with van der Waals surface area (Å²) in [7, 11) is -2.10. The van der Waals surface area contributed by atoms with Gasteiger partial charge in [-0.3, -0.25) is 9.71 Å². The summed E-state index contributed by atoms with van der Waals surface area (Å²) < 4.78 is 34.7. The number of methoxy groups -OCH3 is 1. The van der Waals surface area contributed by atoms with Gasteiger partial charge in [0.25, 0.3) is 10.0 Å². The van der Waals surface area contributed by atoms with E-state index in [1.807, 2.05) is 31.2 Å². The smallest absolute Gasteiger partial charge is 0.271 e. The summed E-state index contributed by atoms with van der Waals surface area (Å²) in [4.78, 5) is 7.53. The van der Waals surface area contributed by atoms with Gasteiger partial charge in [0.2, 0.25) is 0 Å². The van der Waals surface area contributed by atoms with Gasteiger partial charge in [-0.15, -0.1) is 11.3 Å². The molecule has 1 fully saturated rings. The number of rotatable bonds is 6. The molecule has 0 saturated carbocycles. The molecule has 2 aromatic heterocycles. The van der Waals surface area contributed by atoms with Gasteiger partial charge in [0, 0.05) is 30.9 Å². The molecule has 2 N–H and O–H groups in total. The number of aryl methyl sites for hydroxylation is 1. The Bertz CT molecular complexity index is 1200. The first-order valence-electron chi connectivity index (χ1n) is 10.5. The molecule has 1 aliphatic rings. The number of nitrogens with one attached hydrogen (secondary N) is 2. The Morgan fingerprint density at radius 3 is 2.56 bits per heavy atom. The second-order valence-electron chi connectivity index (χ2n) is 8.15. The third kappa shape index (κ3) is 4.90. The molecule has 4 rings (SSSR count). The maximum atomic E-state index is 13.1. The number of hydrogen-bond acceptors (Lipinski definition) is 7. The van der Waals surface area contributed by atoms with Crippen molar-refractivity contribution in [3.63, 3.8) is 0 Å². The number of pyridine rings is 1. The minimum Gasteiger partial charge on any atom is -0.495 e. The highest BCUT2D eigenvalue weighted by atomic mass is 32.2. The molecule has 1 aromatic carbocycles. The van der Waals surface area contributed by atoms with Crippen molar-refractivity contribution in [1.29, 1.82) is 0 Å². The van der Waals surface area contributed by atoms with E-state index >= 15 is 0 Å². The van der Waals surface area contributed by atoms with E-state index in [2.05, 4.69) is 33.8 Å². The van der Waals surface area contributed by atoms with Gasteiger partial charge in [0.1, 0.15) is 9.96 Å². The van der Waals surface area contributed by atoms with Crippen LogP contribution in [0, 0.1) is 6.92 Å². The molecule has 7 nitrogen and oxygen atoms in total. The standard InChI is InChI=1S/C23H28N4O3S2/c1-15-6-5-7-19(25-15)22-10-11-23(31-22)32(28,29)26-18-8-9-21(30-4)20(12-18)27-13-16(2)24-17(3)14-27/h5-12,16-17,24,26H,13-14H2,1-4H3. The van der Waals surface area contributed by atoms with Gasteiger partial charge in [0.15, 0.2) is 0 Å². The quantitative estimate of drug-likeness (QED) is 0.562. The van der Waals surface area contributed by atoms with Crippen LogP contribution in [0.3, 0.4) is 0 Å². The van der Waals surface area contributed by atoms with Crippen LogP contribution in [0.2, 0.25) is 0 Å². The van der Waals surface area contributed by atoms with Gasteiger partial charge in [-0.2, -0.15) is 0 Å². The SMILES string of the molecule is COc1ccc(NS(=O)(=O)c2ccc(-c3cccc(C)n3)s2)cc1N1CC(C)NC(C)C1. The number of benzene rings is 1.